The number of benzene rings is 2. The molecule has 4 nitrogen and oxygen atoms in total. The third-order valence-electron chi connectivity index (χ3n) is 4.90. The number of fused-ring (bicyclic) bond motifs is 1. The van der Waals surface area contributed by atoms with Gasteiger partial charge in [-0.3, -0.25) is 0 Å². The highest BCUT2D eigenvalue weighted by Gasteiger charge is 2.40. The van der Waals surface area contributed by atoms with Gasteiger partial charge in [0.25, 0.3) is 0 Å². The fourth-order valence-corrected chi connectivity index (χ4v) is 3.51. The molecule has 4 heteroatoms. The molecule has 1 unspecified atom stereocenters. The lowest BCUT2D eigenvalue weighted by atomic mass is 9.88. The molecule has 134 valence electrons. The molecule has 25 heavy (non-hydrogen) atoms. The number of hydrogen-bond donors (Lipinski definition) is 2. The Labute approximate surface area is 149 Å². The normalized spacial score (nSPS) is 22.4. The average Bonchev–Trinajstić information content (AvgIpc) is 2.56. The Morgan fingerprint density at radius 2 is 1.76 bits per heavy atom. The molecule has 2 aromatic rings. The van der Waals surface area contributed by atoms with E-state index in [9.17, 15) is 5.11 Å². The highest BCUT2D eigenvalue weighted by molar-refractivity contribution is 5.48. The molecule has 1 aliphatic heterocycles. The summed E-state index contributed by atoms with van der Waals surface area (Å²) in [5, 5.41) is 20.1. The predicted molar refractivity (Wildman–Crippen MR) is 97.0 cm³/mol. The van der Waals surface area contributed by atoms with Crippen LogP contribution in [-0.2, 0) is 4.74 Å². The van der Waals surface area contributed by atoms with Crippen LogP contribution in [-0.4, -0.2) is 29.5 Å². The van der Waals surface area contributed by atoms with Crippen molar-refractivity contribution in [3.05, 3.63) is 63.7 Å². The van der Waals surface area contributed by atoms with E-state index in [-0.39, 0.29) is 13.2 Å². The second kappa shape index (κ2) is 7.16. The predicted octanol–water partition coefficient (Wildman–Crippen LogP) is 3.46. The lowest BCUT2D eigenvalue weighted by Crippen LogP contribution is -2.36. The molecule has 2 aromatic carbocycles. The van der Waals surface area contributed by atoms with Crippen LogP contribution in [0.5, 0.6) is 5.75 Å². The lowest BCUT2D eigenvalue weighted by Gasteiger charge is -2.38. The third-order valence-corrected chi connectivity index (χ3v) is 4.90. The zero-order chi connectivity index (χ0) is 18.1. The standard InChI is InChI=1S/C21H26O4/c1-12-9-15(4)18-17(10-12)25-20(19(23)21(18)24-8-7-22)16-6-5-13(2)14(3)11-16/h5-6,9-11,19-23H,7-8H2,1-4H3/t19-,20+,21?/m0/s1. The molecule has 0 bridgehead atoms. The Morgan fingerprint density at radius 1 is 1.00 bits per heavy atom. The van der Waals surface area contributed by atoms with Crippen LogP contribution in [0.4, 0.5) is 0 Å². The van der Waals surface area contributed by atoms with Gasteiger partial charge in [0.05, 0.1) is 13.2 Å². The quantitative estimate of drug-likeness (QED) is 0.893. The van der Waals surface area contributed by atoms with Crippen LogP contribution in [0.1, 0.15) is 45.6 Å². The first-order valence-electron chi connectivity index (χ1n) is 8.68. The second-order valence-corrected chi connectivity index (χ2v) is 6.88. The van der Waals surface area contributed by atoms with Crippen molar-refractivity contribution in [2.45, 2.75) is 46.0 Å². The topological polar surface area (TPSA) is 58.9 Å². The molecule has 3 rings (SSSR count). The van der Waals surface area contributed by atoms with Crippen molar-refractivity contribution in [1.29, 1.82) is 0 Å². The maximum absolute atomic E-state index is 11.0. The van der Waals surface area contributed by atoms with Gasteiger partial charge in [-0.15, -0.1) is 0 Å². The van der Waals surface area contributed by atoms with Gasteiger partial charge in [-0.2, -0.15) is 0 Å². The molecule has 1 heterocycles. The molecule has 0 aromatic heterocycles. The fraction of sp³-hybridized carbons (Fsp3) is 0.429. The van der Waals surface area contributed by atoms with Crippen molar-refractivity contribution in [1.82, 2.24) is 0 Å². The van der Waals surface area contributed by atoms with Crippen molar-refractivity contribution in [3.8, 4) is 5.75 Å². The molecule has 0 aliphatic carbocycles. The first-order chi connectivity index (χ1) is 11.9. The van der Waals surface area contributed by atoms with Gasteiger partial charge >= 0.3 is 0 Å². The Hall–Kier alpha value is -1.88. The van der Waals surface area contributed by atoms with Gasteiger partial charge in [0.1, 0.15) is 18.0 Å². The largest absolute Gasteiger partial charge is 0.482 e. The zero-order valence-electron chi connectivity index (χ0n) is 15.2. The summed E-state index contributed by atoms with van der Waals surface area (Å²) in [6.07, 6.45) is -1.87. The SMILES string of the molecule is Cc1cc(C)c2c(c1)O[C@H](c1ccc(C)c(C)c1)[C@H](O)C2OCCO. The summed E-state index contributed by atoms with van der Waals surface area (Å²) >= 11 is 0. The van der Waals surface area contributed by atoms with Gasteiger partial charge in [0.2, 0.25) is 0 Å². The van der Waals surface area contributed by atoms with Gasteiger partial charge in [-0.25, -0.2) is 0 Å². The van der Waals surface area contributed by atoms with Crippen LogP contribution in [0.15, 0.2) is 30.3 Å². The number of hydrogen-bond acceptors (Lipinski definition) is 4. The smallest absolute Gasteiger partial charge is 0.152 e. The van der Waals surface area contributed by atoms with E-state index in [2.05, 4.69) is 26.0 Å². The molecule has 1 aliphatic rings. The Balaban J connectivity index is 2.06. The van der Waals surface area contributed by atoms with Crippen LogP contribution >= 0.6 is 0 Å². The number of ether oxygens (including phenoxy) is 2. The summed E-state index contributed by atoms with van der Waals surface area (Å²) in [4.78, 5) is 0. The third kappa shape index (κ3) is 3.43. The van der Waals surface area contributed by atoms with Crippen LogP contribution in [0, 0.1) is 27.7 Å². The summed E-state index contributed by atoms with van der Waals surface area (Å²) < 4.78 is 12.0. The van der Waals surface area contributed by atoms with Crippen LogP contribution in [0.2, 0.25) is 0 Å². The molecular formula is C21H26O4. The van der Waals surface area contributed by atoms with Crippen molar-refractivity contribution in [2.24, 2.45) is 0 Å². The molecule has 0 spiro atoms. The van der Waals surface area contributed by atoms with E-state index in [4.69, 9.17) is 14.6 Å². The monoisotopic (exact) mass is 342 g/mol. The molecule has 0 radical (unpaired) electrons. The van der Waals surface area contributed by atoms with E-state index in [0.717, 1.165) is 33.6 Å². The summed E-state index contributed by atoms with van der Waals surface area (Å²) in [5.41, 5.74) is 6.29. The van der Waals surface area contributed by atoms with Gasteiger partial charge in [-0.05, 0) is 61.6 Å². The maximum Gasteiger partial charge on any atom is 0.152 e. The lowest BCUT2D eigenvalue weighted by molar-refractivity contribution is -0.107. The van der Waals surface area contributed by atoms with Gasteiger partial charge < -0.3 is 19.7 Å². The van der Waals surface area contributed by atoms with Crippen molar-refractivity contribution >= 4 is 0 Å². The summed E-state index contributed by atoms with van der Waals surface area (Å²) in [6, 6.07) is 10.1. The molecular weight excluding hydrogens is 316 g/mol. The van der Waals surface area contributed by atoms with E-state index in [1.807, 2.05) is 32.0 Å². The minimum Gasteiger partial charge on any atom is -0.482 e. The van der Waals surface area contributed by atoms with Crippen molar-refractivity contribution < 1.29 is 19.7 Å². The van der Waals surface area contributed by atoms with Crippen molar-refractivity contribution in [3.63, 3.8) is 0 Å². The number of rotatable bonds is 4. The Kier molecular flexibility index (Phi) is 5.13. The molecule has 0 amide bonds. The minimum absolute atomic E-state index is 0.0847. The van der Waals surface area contributed by atoms with Gasteiger partial charge in [0, 0.05) is 5.56 Å². The highest BCUT2D eigenvalue weighted by atomic mass is 16.5. The molecule has 0 saturated carbocycles. The Morgan fingerprint density at radius 3 is 2.44 bits per heavy atom. The number of aliphatic hydroxyl groups is 2. The minimum atomic E-state index is -0.845. The fourth-order valence-electron chi connectivity index (χ4n) is 3.51. The molecule has 0 saturated heterocycles. The van der Waals surface area contributed by atoms with Crippen molar-refractivity contribution in [2.75, 3.05) is 13.2 Å². The van der Waals surface area contributed by atoms with E-state index in [0.29, 0.717) is 0 Å². The maximum atomic E-state index is 11.0. The highest BCUT2D eigenvalue weighted by Crippen LogP contribution is 2.45. The summed E-state index contributed by atoms with van der Waals surface area (Å²) in [5.74, 6) is 0.744. The number of aliphatic hydroxyl groups excluding tert-OH is 2. The van der Waals surface area contributed by atoms with Crippen LogP contribution in [0.25, 0.3) is 0 Å². The first-order valence-corrected chi connectivity index (χ1v) is 8.68. The van der Waals surface area contributed by atoms with Crippen LogP contribution < -0.4 is 4.74 Å². The molecule has 2 N–H and O–H groups in total. The van der Waals surface area contributed by atoms with Gasteiger partial charge in [0.15, 0.2) is 6.10 Å². The Bertz CT molecular complexity index is 769. The first kappa shape index (κ1) is 17.9. The van der Waals surface area contributed by atoms with E-state index in [1.54, 1.807) is 0 Å². The van der Waals surface area contributed by atoms with E-state index < -0.39 is 18.3 Å². The average molecular weight is 342 g/mol. The van der Waals surface area contributed by atoms with E-state index in [1.165, 1.54) is 5.56 Å². The zero-order valence-corrected chi connectivity index (χ0v) is 15.2. The summed E-state index contributed by atoms with van der Waals surface area (Å²) in [6.45, 7) is 8.22. The van der Waals surface area contributed by atoms with Crippen LogP contribution in [0.3, 0.4) is 0 Å². The number of aryl methyl sites for hydroxylation is 4. The second-order valence-electron chi connectivity index (χ2n) is 6.88. The molecule has 0 fully saturated rings. The van der Waals surface area contributed by atoms with Gasteiger partial charge in [-0.1, -0.05) is 24.3 Å². The molecule has 3 atom stereocenters. The van der Waals surface area contributed by atoms with E-state index >= 15 is 0 Å². The summed E-state index contributed by atoms with van der Waals surface area (Å²) in [7, 11) is 0.